The number of amidine groups is 1. The molecule has 2 unspecified atom stereocenters. The lowest BCUT2D eigenvalue weighted by Crippen LogP contribution is -2.37. The highest BCUT2D eigenvalue weighted by molar-refractivity contribution is 5.79. The zero-order valence-corrected chi connectivity index (χ0v) is 10.3. The van der Waals surface area contributed by atoms with Crippen LogP contribution in [0, 0.1) is 5.92 Å². The van der Waals surface area contributed by atoms with Crippen molar-refractivity contribution in [2.24, 2.45) is 16.8 Å². The third kappa shape index (κ3) is 4.84. The van der Waals surface area contributed by atoms with Gasteiger partial charge in [0, 0.05) is 12.5 Å². The van der Waals surface area contributed by atoms with Crippen LogP contribution in [0.5, 0.6) is 0 Å². The van der Waals surface area contributed by atoms with Gasteiger partial charge in [-0.25, -0.2) is 0 Å². The molecule has 0 radical (unpaired) electrons. The summed E-state index contributed by atoms with van der Waals surface area (Å²) in [4.78, 5) is 0. The lowest BCUT2D eigenvalue weighted by molar-refractivity contribution is 0.280. The Balaban J connectivity index is 2.02. The molecule has 1 saturated carbocycles. The highest BCUT2D eigenvalue weighted by Gasteiger charge is 2.19. The van der Waals surface area contributed by atoms with Gasteiger partial charge in [-0.05, 0) is 38.1 Å². The number of hydrogen-bond donors (Lipinski definition) is 3. The molecule has 0 aromatic heterocycles. The van der Waals surface area contributed by atoms with E-state index in [0.717, 1.165) is 25.3 Å². The van der Waals surface area contributed by atoms with Crippen molar-refractivity contribution >= 4 is 5.84 Å². The Morgan fingerprint density at radius 2 is 2.12 bits per heavy atom. The van der Waals surface area contributed by atoms with E-state index in [0.29, 0.717) is 18.3 Å². The van der Waals surface area contributed by atoms with Crippen molar-refractivity contribution < 1.29 is 5.21 Å². The molecule has 1 rings (SSSR count). The average Bonchev–Trinajstić information content (AvgIpc) is 2.30. The second-order valence-corrected chi connectivity index (χ2v) is 4.87. The van der Waals surface area contributed by atoms with E-state index in [1.165, 1.54) is 25.7 Å². The Kier molecular flexibility index (Phi) is 6.23. The zero-order chi connectivity index (χ0) is 11.8. The number of nitrogens with zero attached hydrogens (tertiary/aromatic N) is 1. The van der Waals surface area contributed by atoms with Gasteiger partial charge in [-0.3, -0.25) is 0 Å². The minimum atomic E-state index is 0.339. The van der Waals surface area contributed by atoms with Crippen LogP contribution in [0.1, 0.15) is 51.9 Å². The average molecular weight is 227 g/mol. The highest BCUT2D eigenvalue weighted by Crippen LogP contribution is 2.23. The summed E-state index contributed by atoms with van der Waals surface area (Å²) in [6.07, 6.45) is 8.22. The van der Waals surface area contributed by atoms with Crippen LogP contribution in [-0.2, 0) is 0 Å². The first-order valence-corrected chi connectivity index (χ1v) is 6.44. The summed E-state index contributed by atoms with van der Waals surface area (Å²) < 4.78 is 0. The predicted octanol–water partition coefficient (Wildman–Crippen LogP) is 2.07. The Labute approximate surface area is 98.3 Å². The van der Waals surface area contributed by atoms with E-state index in [1.807, 2.05) is 0 Å². The van der Waals surface area contributed by atoms with Crippen LogP contribution in [0.2, 0.25) is 0 Å². The molecule has 94 valence electrons. The second kappa shape index (κ2) is 7.49. The summed E-state index contributed by atoms with van der Waals surface area (Å²) in [5.74, 6) is 1.16. The van der Waals surface area contributed by atoms with Crippen molar-refractivity contribution in [3.05, 3.63) is 0 Å². The molecular weight excluding hydrogens is 202 g/mol. The van der Waals surface area contributed by atoms with Crippen molar-refractivity contribution in [3.63, 3.8) is 0 Å². The lowest BCUT2D eigenvalue weighted by Gasteiger charge is -2.29. The van der Waals surface area contributed by atoms with E-state index in [9.17, 15) is 0 Å². The van der Waals surface area contributed by atoms with Gasteiger partial charge in [-0.15, -0.1) is 0 Å². The quantitative estimate of drug-likeness (QED) is 0.214. The zero-order valence-electron chi connectivity index (χ0n) is 10.3. The first-order valence-electron chi connectivity index (χ1n) is 6.44. The fourth-order valence-electron chi connectivity index (χ4n) is 2.39. The summed E-state index contributed by atoms with van der Waals surface area (Å²) in [7, 11) is 0. The van der Waals surface area contributed by atoms with Gasteiger partial charge >= 0.3 is 0 Å². The van der Waals surface area contributed by atoms with Crippen LogP contribution >= 0.6 is 0 Å². The molecule has 0 spiro atoms. The first kappa shape index (κ1) is 13.3. The summed E-state index contributed by atoms with van der Waals surface area (Å²) in [6, 6.07) is 0.706. The monoisotopic (exact) mass is 227 g/mol. The van der Waals surface area contributed by atoms with Crippen LogP contribution in [-0.4, -0.2) is 23.6 Å². The van der Waals surface area contributed by atoms with Gasteiger partial charge in [0.15, 0.2) is 0 Å². The lowest BCUT2D eigenvalue weighted by atomic mass is 9.86. The Bertz CT molecular complexity index is 218. The van der Waals surface area contributed by atoms with E-state index in [2.05, 4.69) is 17.4 Å². The van der Waals surface area contributed by atoms with Crippen molar-refractivity contribution in [1.82, 2.24) is 5.32 Å². The maximum Gasteiger partial charge on any atom is 0.139 e. The minimum absolute atomic E-state index is 0.339. The van der Waals surface area contributed by atoms with Crippen LogP contribution in [0.3, 0.4) is 0 Å². The number of unbranched alkanes of at least 4 members (excludes halogenated alkanes) is 1. The number of nitrogens with two attached hydrogens (primary N) is 1. The molecule has 1 aliphatic carbocycles. The summed E-state index contributed by atoms with van der Waals surface area (Å²) >= 11 is 0. The van der Waals surface area contributed by atoms with Gasteiger partial charge in [0.05, 0.1) is 0 Å². The Morgan fingerprint density at radius 3 is 2.81 bits per heavy atom. The molecule has 4 heteroatoms. The molecule has 4 N–H and O–H groups in total. The normalized spacial score (nSPS) is 26.9. The topological polar surface area (TPSA) is 70.6 Å². The van der Waals surface area contributed by atoms with E-state index in [4.69, 9.17) is 10.9 Å². The second-order valence-electron chi connectivity index (χ2n) is 4.87. The van der Waals surface area contributed by atoms with Crippen molar-refractivity contribution in [2.75, 3.05) is 6.54 Å². The van der Waals surface area contributed by atoms with Crippen LogP contribution < -0.4 is 11.1 Å². The van der Waals surface area contributed by atoms with Gasteiger partial charge in [0.2, 0.25) is 0 Å². The van der Waals surface area contributed by atoms with Crippen LogP contribution in [0.4, 0.5) is 0 Å². The van der Waals surface area contributed by atoms with E-state index >= 15 is 0 Å². The van der Waals surface area contributed by atoms with Gasteiger partial charge in [0.1, 0.15) is 5.84 Å². The third-order valence-corrected chi connectivity index (χ3v) is 3.51. The first-order chi connectivity index (χ1) is 7.74. The molecule has 0 bridgehead atoms. The fourth-order valence-corrected chi connectivity index (χ4v) is 2.39. The van der Waals surface area contributed by atoms with Gasteiger partial charge in [0.25, 0.3) is 0 Å². The molecule has 1 fully saturated rings. The maximum absolute atomic E-state index is 8.38. The molecular formula is C12H25N3O. The highest BCUT2D eigenvalue weighted by atomic mass is 16.4. The Morgan fingerprint density at radius 1 is 1.38 bits per heavy atom. The molecule has 0 aliphatic heterocycles. The summed E-state index contributed by atoms with van der Waals surface area (Å²) in [5.41, 5.74) is 5.40. The number of hydrogen-bond acceptors (Lipinski definition) is 3. The van der Waals surface area contributed by atoms with E-state index in [-0.39, 0.29) is 0 Å². The van der Waals surface area contributed by atoms with Gasteiger partial charge in [-0.2, -0.15) is 0 Å². The maximum atomic E-state index is 8.38. The predicted molar refractivity (Wildman–Crippen MR) is 66.7 cm³/mol. The number of oxime groups is 1. The molecule has 16 heavy (non-hydrogen) atoms. The molecule has 1 aliphatic rings. The number of nitrogens with one attached hydrogen (secondary N) is 1. The molecule has 0 heterocycles. The minimum Gasteiger partial charge on any atom is -0.409 e. The third-order valence-electron chi connectivity index (χ3n) is 3.51. The van der Waals surface area contributed by atoms with E-state index in [1.54, 1.807) is 0 Å². The van der Waals surface area contributed by atoms with Gasteiger partial charge in [-0.1, -0.05) is 24.9 Å². The SMILES string of the molecule is CC1CCCCC1NCCCCC(N)=NO. The molecule has 0 aromatic rings. The molecule has 0 amide bonds. The van der Waals surface area contributed by atoms with Crippen LogP contribution in [0.15, 0.2) is 5.16 Å². The summed E-state index contributed by atoms with van der Waals surface area (Å²) in [5, 5.41) is 15.0. The smallest absolute Gasteiger partial charge is 0.139 e. The molecule has 4 nitrogen and oxygen atoms in total. The van der Waals surface area contributed by atoms with Crippen molar-refractivity contribution in [2.45, 2.75) is 57.9 Å². The fraction of sp³-hybridized carbons (Fsp3) is 0.917. The standard InChI is InChI=1S/C12H25N3O/c1-10-6-2-3-7-11(10)14-9-5-4-8-12(13)15-16/h10-11,14,16H,2-9H2,1H3,(H2,13,15). The molecule has 0 saturated heterocycles. The number of rotatable bonds is 6. The van der Waals surface area contributed by atoms with E-state index < -0.39 is 0 Å². The van der Waals surface area contributed by atoms with Gasteiger partial charge < -0.3 is 16.3 Å². The summed E-state index contributed by atoms with van der Waals surface area (Å²) in [6.45, 7) is 3.39. The molecule has 2 atom stereocenters. The van der Waals surface area contributed by atoms with Crippen molar-refractivity contribution in [3.8, 4) is 0 Å². The molecule has 0 aromatic carbocycles. The Hall–Kier alpha value is -0.770. The van der Waals surface area contributed by atoms with Crippen molar-refractivity contribution in [1.29, 1.82) is 0 Å². The largest absolute Gasteiger partial charge is 0.409 e. The van der Waals surface area contributed by atoms with Crippen LogP contribution in [0.25, 0.3) is 0 Å².